The Morgan fingerprint density at radius 3 is 1.59 bits per heavy atom. The summed E-state index contributed by atoms with van der Waals surface area (Å²) >= 11 is 0. The van der Waals surface area contributed by atoms with E-state index in [-0.39, 0.29) is 5.56 Å². The predicted octanol–water partition coefficient (Wildman–Crippen LogP) is 8.47. The normalized spacial score (nSPS) is 18.8. The molecule has 0 N–H and O–H groups in total. The fourth-order valence-corrected chi connectivity index (χ4v) is 29.8. The van der Waals surface area contributed by atoms with Crippen molar-refractivity contribution in [2.45, 2.75) is 91.9 Å². The average molecular weight is 594 g/mol. The Morgan fingerprint density at radius 1 is 0.795 bits per heavy atom. The van der Waals surface area contributed by atoms with Gasteiger partial charge in [-0.3, -0.25) is 0 Å². The molecule has 4 nitrogen and oxygen atoms in total. The van der Waals surface area contributed by atoms with Crippen LogP contribution in [-0.2, 0) is 4.43 Å². The van der Waals surface area contributed by atoms with Crippen LogP contribution in [0.1, 0.15) is 52.7 Å². The summed E-state index contributed by atoms with van der Waals surface area (Å²) in [6, 6.07) is 17.9. The van der Waals surface area contributed by atoms with Gasteiger partial charge >= 0.3 is 236 Å². The second kappa shape index (κ2) is 9.74. The molecule has 0 saturated heterocycles. The molecule has 0 spiro atoms. The van der Waals surface area contributed by atoms with Crippen LogP contribution in [-0.4, -0.2) is 54.5 Å². The molecule has 1 aliphatic heterocycles. The van der Waals surface area contributed by atoms with Crippen LogP contribution in [0.3, 0.4) is 0 Å². The van der Waals surface area contributed by atoms with Crippen molar-refractivity contribution in [2.75, 3.05) is 0 Å². The van der Waals surface area contributed by atoms with E-state index < -0.39 is 47.8 Å². The van der Waals surface area contributed by atoms with Gasteiger partial charge in [0.2, 0.25) is 0 Å². The number of amidine groups is 1. The zero-order valence-electron chi connectivity index (χ0n) is 25.7. The molecule has 0 bridgehead atoms. The number of halogens is 3. The Morgan fingerprint density at radius 2 is 1.23 bits per heavy atom. The first-order chi connectivity index (χ1) is 17.6. The van der Waals surface area contributed by atoms with Gasteiger partial charge in [-0.25, -0.2) is 0 Å². The maximum absolute atomic E-state index is 19.9. The van der Waals surface area contributed by atoms with E-state index in [0.29, 0.717) is 5.84 Å². The number of rotatable bonds is 7. The third-order valence-electron chi connectivity index (χ3n) is 6.75. The van der Waals surface area contributed by atoms with E-state index in [1.165, 1.54) is 0 Å². The first-order valence-corrected chi connectivity index (χ1v) is 22.6. The molecule has 39 heavy (non-hydrogen) atoms. The summed E-state index contributed by atoms with van der Waals surface area (Å²) < 4.78 is 61.9. The SMILES string of the molecule is CC(C)(C)N1C(c2ccccc2)=[N+](C(C)(C)C)[Si-]1(F)(OC(=C(F)F)c1ccccc1)N([Si](C)(C)C)[Si](C)(C)C. The molecule has 0 atom stereocenters. The van der Waals surface area contributed by atoms with Crippen molar-refractivity contribution in [3.8, 4) is 0 Å². The molecule has 1 aliphatic rings. The quantitative estimate of drug-likeness (QED) is 0.182. The van der Waals surface area contributed by atoms with Crippen LogP contribution in [0.25, 0.3) is 5.76 Å². The Balaban J connectivity index is 2.65. The van der Waals surface area contributed by atoms with Gasteiger partial charge in [0.15, 0.2) is 0 Å². The molecule has 2 aromatic carbocycles. The van der Waals surface area contributed by atoms with E-state index in [0.717, 1.165) is 5.56 Å². The summed E-state index contributed by atoms with van der Waals surface area (Å²) in [5.41, 5.74) is -0.595. The van der Waals surface area contributed by atoms with E-state index in [2.05, 4.69) is 39.3 Å². The van der Waals surface area contributed by atoms with Gasteiger partial charge < -0.3 is 0 Å². The molecule has 0 fully saturated rings. The van der Waals surface area contributed by atoms with Crippen LogP contribution in [0.15, 0.2) is 66.7 Å². The van der Waals surface area contributed by atoms with E-state index in [1.807, 2.05) is 75.8 Å². The summed E-state index contributed by atoms with van der Waals surface area (Å²) in [5, 5.41) is 0. The Hall–Kier alpha value is -2.15. The first kappa shape index (κ1) is 31.4. The number of hydrogen-bond donors (Lipinski definition) is 0. The Labute approximate surface area is 235 Å². The molecule has 2 aromatic rings. The van der Waals surface area contributed by atoms with Crippen molar-refractivity contribution in [3.63, 3.8) is 0 Å². The average Bonchev–Trinajstić information content (AvgIpc) is 2.73. The van der Waals surface area contributed by atoms with Crippen LogP contribution in [0.2, 0.25) is 39.3 Å². The summed E-state index contributed by atoms with van der Waals surface area (Å²) in [5.74, 6) is -0.0249. The minimum atomic E-state index is -5.89. The van der Waals surface area contributed by atoms with Crippen molar-refractivity contribution in [3.05, 3.63) is 77.9 Å². The van der Waals surface area contributed by atoms with E-state index in [1.54, 1.807) is 39.1 Å². The second-order valence-electron chi connectivity index (χ2n) is 14.3. The Kier molecular flexibility index (Phi) is 7.84. The second-order valence-corrected chi connectivity index (χ2v) is 28.6. The van der Waals surface area contributed by atoms with Crippen LogP contribution in [0, 0.1) is 0 Å². The van der Waals surface area contributed by atoms with Crippen LogP contribution < -0.4 is 0 Å². The van der Waals surface area contributed by atoms with Gasteiger partial charge in [0.1, 0.15) is 0 Å². The van der Waals surface area contributed by atoms with Gasteiger partial charge in [0.25, 0.3) is 0 Å². The number of hydrogen-bond acceptors (Lipinski definition) is 3. The Bertz CT molecular complexity index is 1260. The monoisotopic (exact) mass is 593 g/mol. The predicted molar refractivity (Wildman–Crippen MR) is 164 cm³/mol. The third-order valence-corrected chi connectivity index (χ3v) is 24.3. The summed E-state index contributed by atoms with van der Waals surface area (Å²) in [6.45, 7) is 24.2. The summed E-state index contributed by atoms with van der Waals surface area (Å²) in [6.07, 6.45) is -2.03. The summed E-state index contributed by atoms with van der Waals surface area (Å²) in [7, 11) is -11.0. The van der Waals surface area contributed by atoms with Gasteiger partial charge in [0.05, 0.1) is 0 Å². The van der Waals surface area contributed by atoms with E-state index >= 15 is 4.11 Å². The van der Waals surface area contributed by atoms with Gasteiger partial charge in [-0.05, 0) is 0 Å². The van der Waals surface area contributed by atoms with Gasteiger partial charge in [-0.1, -0.05) is 0 Å². The molecule has 0 saturated carbocycles. The molecular formula is C29H46F3N3OSi3. The molecule has 0 amide bonds. The van der Waals surface area contributed by atoms with Gasteiger partial charge in [-0.15, -0.1) is 0 Å². The van der Waals surface area contributed by atoms with Crippen LogP contribution in [0.5, 0.6) is 0 Å². The fourth-order valence-electron chi connectivity index (χ4n) is 6.56. The van der Waals surface area contributed by atoms with Gasteiger partial charge in [0, 0.05) is 0 Å². The van der Waals surface area contributed by atoms with Crippen molar-refractivity contribution in [1.82, 2.24) is 8.46 Å². The molecule has 216 valence electrons. The van der Waals surface area contributed by atoms with Crippen molar-refractivity contribution < 1.29 is 21.6 Å². The zero-order valence-corrected chi connectivity index (χ0v) is 28.7. The van der Waals surface area contributed by atoms with E-state index in [4.69, 9.17) is 4.43 Å². The molecule has 0 radical (unpaired) electrons. The van der Waals surface area contributed by atoms with Crippen molar-refractivity contribution in [2.24, 2.45) is 0 Å². The van der Waals surface area contributed by atoms with Gasteiger partial charge in [-0.2, -0.15) is 0 Å². The fraction of sp³-hybridized carbons (Fsp3) is 0.483. The minimum absolute atomic E-state index is 0.159. The first-order valence-electron chi connectivity index (χ1n) is 13.6. The molecule has 1 heterocycles. The number of benzene rings is 2. The van der Waals surface area contributed by atoms with Crippen LogP contribution in [0.4, 0.5) is 12.9 Å². The zero-order chi connectivity index (χ0) is 29.8. The van der Waals surface area contributed by atoms with E-state index in [9.17, 15) is 8.78 Å². The molecule has 0 unspecified atom stereocenters. The molecule has 10 heteroatoms. The third kappa shape index (κ3) is 5.32. The maximum atomic E-state index is 19.9. The van der Waals surface area contributed by atoms with Crippen LogP contribution >= 0.6 is 0 Å². The molecular weight excluding hydrogens is 548 g/mol. The summed E-state index contributed by atoms with van der Waals surface area (Å²) in [4.78, 5) is 0. The standard InChI is InChI=1S/C29H46F3N3OSi3/c1-28(2,3)33-27(24-21-17-14-18-22-24)34(29(4,5)6)39(33,32,35(37(7,8)9)38(10,11)12)36-25(26(30)31)23-19-15-13-16-20-23/h13-22H,1-12H3. The van der Waals surface area contributed by atoms with Crippen molar-refractivity contribution >= 4 is 36.5 Å². The van der Waals surface area contributed by atoms with Crippen molar-refractivity contribution in [1.29, 1.82) is 0 Å². The topological polar surface area (TPSA) is 18.7 Å². The molecule has 3 rings (SSSR count). The molecule has 0 aromatic heterocycles. The molecule has 0 aliphatic carbocycles. The number of nitrogens with zero attached hydrogens (tertiary/aromatic N) is 3.